The lowest BCUT2D eigenvalue weighted by Gasteiger charge is -2.10. The summed E-state index contributed by atoms with van der Waals surface area (Å²) in [6, 6.07) is 13.5. The average molecular weight is 394 g/mol. The number of halogens is 2. The molecule has 0 saturated heterocycles. The van der Waals surface area contributed by atoms with E-state index in [1.165, 1.54) is 5.56 Å². The van der Waals surface area contributed by atoms with E-state index in [0.29, 0.717) is 29.4 Å². The fourth-order valence-corrected chi connectivity index (χ4v) is 3.21. The highest BCUT2D eigenvalue weighted by molar-refractivity contribution is 6.36. The normalized spacial score (nSPS) is 10.8. The van der Waals surface area contributed by atoms with Crippen LogP contribution in [0.25, 0.3) is 0 Å². The molecule has 0 atom stereocenters. The summed E-state index contributed by atoms with van der Waals surface area (Å²) < 4.78 is 5.63. The Hall–Kier alpha value is -1.71. The quantitative estimate of drug-likeness (QED) is 0.574. The van der Waals surface area contributed by atoms with Crippen LogP contribution >= 0.6 is 23.2 Å². The number of carbonyl (C=O) groups excluding carboxylic acids is 1. The number of hydrogen-bond donors (Lipinski definition) is 1. The van der Waals surface area contributed by atoms with Crippen LogP contribution in [0.1, 0.15) is 37.8 Å². The van der Waals surface area contributed by atoms with Gasteiger partial charge in [-0.3, -0.25) is 4.79 Å². The van der Waals surface area contributed by atoms with Gasteiger partial charge in [0.1, 0.15) is 5.75 Å². The lowest BCUT2D eigenvalue weighted by Crippen LogP contribution is -2.25. The van der Waals surface area contributed by atoms with Gasteiger partial charge in [-0.15, -0.1) is 0 Å². The van der Waals surface area contributed by atoms with Crippen LogP contribution in [0.2, 0.25) is 10.0 Å². The minimum Gasteiger partial charge on any atom is -0.491 e. The minimum atomic E-state index is 0.0154. The molecule has 3 nitrogen and oxygen atoms in total. The third-order valence-corrected chi connectivity index (χ3v) is 4.63. The number of carbonyl (C=O) groups is 1. The maximum absolute atomic E-state index is 12.0. The van der Waals surface area contributed by atoms with E-state index >= 15 is 0 Å². The molecule has 140 valence electrons. The van der Waals surface area contributed by atoms with E-state index in [1.807, 2.05) is 26.0 Å². The first-order valence-corrected chi connectivity index (χ1v) is 9.66. The fraction of sp³-hybridized carbons (Fsp3) is 0.381. The molecule has 5 heteroatoms. The lowest BCUT2D eigenvalue weighted by atomic mass is 10.1. The Morgan fingerprint density at radius 1 is 1.04 bits per heavy atom. The third kappa shape index (κ3) is 6.89. The summed E-state index contributed by atoms with van der Waals surface area (Å²) >= 11 is 12.2. The molecular formula is C21H25Cl2NO2. The van der Waals surface area contributed by atoms with Gasteiger partial charge in [0, 0.05) is 23.0 Å². The SMILES string of the molecule is CC(C)Oc1ccc(CCCNC(=O)CCc2c(Cl)cccc2Cl)cc1. The predicted octanol–water partition coefficient (Wildman–Crippen LogP) is 5.46. The number of benzene rings is 2. The van der Waals surface area contributed by atoms with Gasteiger partial charge in [0.15, 0.2) is 0 Å². The highest BCUT2D eigenvalue weighted by atomic mass is 35.5. The third-order valence-electron chi connectivity index (χ3n) is 3.92. The zero-order valence-corrected chi connectivity index (χ0v) is 16.7. The maximum atomic E-state index is 12.0. The number of hydrogen-bond acceptors (Lipinski definition) is 2. The van der Waals surface area contributed by atoms with Crippen LogP contribution in [0.3, 0.4) is 0 Å². The Balaban J connectivity index is 1.67. The van der Waals surface area contributed by atoms with Crippen molar-refractivity contribution < 1.29 is 9.53 Å². The number of amides is 1. The van der Waals surface area contributed by atoms with Crippen molar-refractivity contribution in [1.82, 2.24) is 5.32 Å². The van der Waals surface area contributed by atoms with E-state index in [4.69, 9.17) is 27.9 Å². The summed E-state index contributed by atoms with van der Waals surface area (Å²) in [7, 11) is 0. The van der Waals surface area contributed by atoms with Crippen molar-refractivity contribution in [2.45, 2.75) is 45.6 Å². The molecule has 1 amide bonds. The summed E-state index contributed by atoms with van der Waals surface area (Å²) in [5.41, 5.74) is 2.06. The molecule has 2 aromatic rings. The van der Waals surface area contributed by atoms with E-state index in [1.54, 1.807) is 18.2 Å². The maximum Gasteiger partial charge on any atom is 0.220 e. The fourth-order valence-electron chi connectivity index (χ4n) is 2.63. The van der Waals surface area contributed by atoms with Crippen molar-refractivity contribution in [2.24, 2.45) is 0 Å². The molecule has 0 bridgehead atoms. The van der Waals surface area contributed by atoms with Crippen molar-refractivity contribution in [2.75, 3.05) is 6.54 Å². The van der Waals surface area contributed by atoms with Gasteiger partial charge in [0.05, 0.1) is 6.10 Å². The number of nitrogens with one attached hydrogen (secondary N) is 1. The molecule has 0 spiro atoms. The predicted molar refractivity (Wildman–Crippen MR) is 108 cm³/mol. The van der Waals surface area contributed by atoms with Gasteiger partial charge in [-0.05, 0) is 68.5 Å². The largest absolute Gasteiger partial charge is 0.491 e. The monoisotopic (exact) mass is 393 g/mol. The summed E-state index contributed by atoms with van der Waals surface area (Å²) in [5.74, 6) is 0.900. The van der Waals surface area contributed by atoms with Gasteiger partial charge < -0.3 is 10.1 Å². The highest BCUT2D eigenvalue weighted by Gasteiger charge is 2.08. The molecule has 0 aliphatic heterocycles. The highest BCUT2D eigenvalue weighted by Crippen LogP contribution is 2.25. The van der Waals surface area contributed by atoms with Crippen LogP contribution < -0.4 is 10.1 Å². The van der Waals surface area contributed by atoms with E-state index in [2.05, 4.69) is 17.4 Å². The first-order chi connectivity index (χ1) is 12.5. The molecule has 0 heterocycles. The molecule has 0 aromatic heterocycles. The molecule has 0 saturated carbocycles. The van der Waals surface area contributed by atoms with Crippen LogP contribution in [-0.4, -0.2) is 18.6 Å². The van der Waals surface area contributed by atoms with E-state index in [9.17, 15) is 4.79 Å². The van der Waals surface area contributed by atoms with Crippen LogP contribution in [0.4, 0.5) is 0 Å². The molecule has 2 aromatic carbocycles. The van der Waals surface area contributed by atoms with E-state index < -0.39 is 0 Å². The van der Waals surface area contributed by atoms with Gasteiger partial charge in [-0.2, -0.15) is 0 Å². The first-order valence-electron chi connectivity index (χ1n) is 8.91. The van der Waals surface area contributed by atoms with Crippen LogP contribution in [-0.2, 0) is 17.6 Å². The van der Waals surface area contributed by atoms with Crippen LogP contribution in [0.5, 0.6) is 5.75 Å². The van der Waals surface area contributed by atoms with Gasteiger partial charge in [0.25, 0.3) is 0 Å². The topological polar surface area (TPSA) is 38.3 Å². The minimum absolute atomic E-state index is 0.0154. The molecular weight excluding hydrogens is 369 g/mol. The lowest BCUT2D eigenvalue weighted by molar-refractivity contribution is -0.121. The Morgan fingerprint density at radius 3 is 2.31 bits per heavy atom. The standard InChI is InChI=1S/C21H25Cl2NO2/c1-15(2)26-17-10-8-16(9-11-17)5-4-14-24-21(25)13-12-18-19(22)6-3-7-20(18)23/h3,6-11,15H,4-5,12-14H2,1-2H3,(H,24,25). The molecule has 0 unspecified atom stereocenters. The molecule has 26 heavy (non-hydrogen) atoms. The zero-order chi connectivity index (χ0) is 18.9. The second-order valence-electron chi connectivity index (χ2n) is 6.46. The Bertz CT molecular complexity index is 694. The Morgan fingerprint density at radius 2 is 1.69 bits per heavy atom. The molecule has 2 rings (SSSR count). The number of ether oxygens (including phenoxy) is 1. The van der Waals surface area contributed by atoms with Crippen molar-refractivity contribution in [3.63, 3.8) is 0 Å². The summed E-state index contributed by atoms with van der Waals surface area (Å²) in [4.78, 5) is 12.0. The summed E-state index contributed by atoms with van der Waals surface area (Å²) in [5, 5.41) is 4.16. The second-order valence-corrected chi connectivity index (χ2v) is 7.28. The molecule has 0 fully saturated rings. The zero-order valence-electron chi connectivity index (χ0n) is 15.2. The molecule has 0 radical (unpaired) electrons. The summed E-state index contributed by atoms with van der Waals surface area (Å²) in [6.07, 6.45) is 2.91. The Kier molecular flexibility index (Phi) is 8.27. The van der Waals surface area contributed by atoms with E-state index in [0.717, 1.165) is 24.2 Å². The molecule has 0 aliphatic rings. The van der Waals surface area contributed by atoms with Gasteiger partial charge in [-0.1, -0.05) is 41.4 Å². The second kappa shape index (κ2) is 10.4. The van der Waals surface area contributed by atoms with Crippen molar-refractivity contribution in [3.8, 4) is 5.75 Å². The average Bonchev–Trinajstić information content (AvgIpc) is 2.59. The van der Waals surface area contributed by atoms with Crippen molar-refractivity contribution >= 4 is 29.1 Å². The van der Waals surface area contributed by atoms with Gasteiger partial charge >= 0.3 is 0 Å². The van der Waals surface area contributed by atoms with Crippen molar-refractivity contribution in [3.05, 3.63) is 63.6 Å². The number of aryl methyl sites for hydroxylation is 1. The molecule has 1 N–H and O–H groups in total. The van der Waals surface area contributed by atoms with Gasteiger partial charge in [-0.25, -0.2) is 0 Å². The Labute approximate surface area is 165 Å². The van der Waals surface area contributed by atoms with Gasteiger partial charge in [0.2, 0.25) is 5.91 Å². The van der Waals surface area contributed by atoms with Crippen LogP contribution in [0, 0.1) is 0 Å². The van der Waals surface area contributed by atoms with E-state index in [-0.39, 0.29) is 12.0 Å². The smallest absolute Gasteiger partial charge is 0.220 e. The molecule has 0 aliphatic carbocycles. The van der Waals surface area contributed by atoms with Crippen molar-refractivity contribution in [1.29, 1.82) is 0 Å². The number of rotatable bonds is 9. The van der Waals surface area contributed by atoms with Crippen LogP contribution in [0.15, 0.2) is 42.5 Å². The first kappa shape index (κ1) is 20.6. The summed E-state index contributed by atoms with van der Waals surface area (Å²) in [6.45, 7) is 4.67.